The molecule has 0 saturated heterocycles. The van der Waals surface area contributed by atoms with E-state index in [0.29, 0.717) is 11.5 Å². The molecule has 0 saturated carbocycles. The van der Waals surface area contributed by atoms with Gasteiger partial charge in [-0.1, -0.05) is 0 Å². The lowest BCUT2D eigenvalue weighted by molar-refractivity contribution is 0.627. The summed E-state index contributed by atoms with van der Waals surface area (Å²) in [6.07, 6.45) is 6.72. The minimum atomic E-state index is -0.289. The second kappa shape index (κ2) is 6.27. The zero-order valence-corrected chi connectivity index (χ0v) is 13.5. The number of fused-ring (bicyclic) bond motifs is 1. The van der Waals surface area contributed by atoms with Crippen molar-refractivity contribution in [1.29, 1.82) is 0 Å². The van der Waals surface area contributed by atoms with Gasteiger partial charge in [0.05, 0.1) is 23.3 Å². The highest BCUT2D eigenvalue weighted by atomic mass is 19.1. The number of hydrogen-bond donors (Lipinski definition) is 1. The number of aromatic nitrogens is 5. The lowest BCUT2D eigenvalue weighted by Crippen LogP contribution is -2.08. The molecule has 4 aromatic rings. The summed E-state index contributed by atoms with van der Waals surface area (Å²) < 4.78 is 14.8. The van der Waals surface area contributed by atoms with E-state index in [2.05, 4.69) is 25.4 Å². The number of nitrogens with one attached hydrogen (secondary N) is 1. The lowest BCUT2D eigenvalue weighted by atomic mass is 10.1. The van der Waals surface area contributed by atoms with Gasteiger partial charge < -0.3 is 5.32 Å². The first-order chi connectivity index (χ1) is 12.2. The van der Waals surface area contributed by atoms with Crippen molar-refractivity contribution in [2.75, 3.05) is 5.32 Å². The smallest absolute Gasteiger partial charge is 0.168 e. The van der Waals surface area contributed by atoms with E-state index in [1.54, 1.807) is 35.4 Å². The van der Waals surface area contributed by atoms with Crippen LogP contribution in [0.2, 0.25) is 0 Å². The van der Waals surface area contributed by atoms with Crippen LogP contribution in [0.1, 0.15) is 18.5 Å². The second-order valence-corrected chi connectivity index (χ2v) is 5.64. The molecule has 6 nitrogen and oxygen atoms in total. The van der Waals surface area contributed by atoms with Gasteiger partial charge in [0.2, 0.25) is 0 Å². The Morgan fingerprint density at radius 3 is 2.56 bits per heavy atom. The fourth-order valence-electron chi connectivity index (χ4n) is 2.67. The molecule has 1 unspecified atom stereocenters. The monoisotopic (exact) mass is 334 g/mol. The molecule has 3 aromatic heterocycles. The number of benzene rings is 1. The first-order valence-corrected chi connectivity index (χ1v) is 7.83. The first kappa shape index (κ1) is 15.2. The highest BCUT2D eigenvalue weighted by molar-refractivity contribution is 5.87. The average Bonchev–Trinajstić information content (AvgIpc) is 3.08. The molecule has 1 atom stereocenters. The Morgan fingerprint density at radius 1 is 1.04 bits per heavy atom. The van der Waals surface area contributed by atoms with E-state index in [0.717, 1.165) is 16.6 Å². The van der Waals surface area contributed by atoms with E-state index in [1.165, 1.54) is 18.5 Å². The molecular weight excluding hydrogens is 319 g/mol. The molecule has 1 aromatic carbocycles. The number of pyridine rings is 1. The van der Waals surface area contributed by atoms with Crippen LogP contribution in [0.15, 0.2) is 61.3 Å². The maximum absolute atomic E-state index is 13.1. The summed E-state index contributed by atoms with van der Waals surface area (Å²) in [5.74, 6) is 0.408. The molecule has 0 aliphatic heterocycles. The zero-order chi connectivity index (χ0) is 17.2. The molecule has 4 rings (SSSR count). The standard InChI is InChI=1S/C18H15FN6/c1-12(13-6-8-20-9-7-13)24-17-16-10-23-25(18(16)22-11-21-17)15-4-2-14(19)3-5-15/h2-12H,1H3,(H,21,22,24). The molecular formula is C18H15FN6. The van der Waals surface area contributed by atoms with Crippen LogP contribution in [0.3, 0.4) is 0 Å². The Hall–Kier alpha value is -3.35. The van der Waals surface area contributed by atoms with Crippen molar-refractivity contribution in [3.8, 4) is 5.69 Å². The maximum Gasteiger partial charge on any atom is 0.168 e. The zero-order valence-electron chi connectivity index (χ0n) is 13.5. The SMILES string of the molecule is CC(Nc1ncnc2c1cnn2-c1ccc(F)cc1)c1ccncc1. The number of nitrogens with zero attached hydrogens (tertiary/aromatic N) is 5. The minimum absolute atomic E-state index is 0.0512. The quantitative estimate of drug-likeness (QED) is 0.618. The molecule has 0 aliphatic rings. The van der Waals surface area contributed by atoms with Crippen molar-refractivity contribution >= 4 is 16.9 Å². The van der Waals surface area contributed by atoms with Gasteiger partial charge in [-0.2, -0.15) is 5.10 Å². The number of hydrogen-bond acceptors (Lipinski definition) is 5. The number of rotatable bonds is 4. The predicted molar refractivity (Wildman–Crippen MR) is 92.9 cm³/mol. The molecule has 124 valence electrons. The molecule has 0 spiro atoms. The van der Waals surface area contributed by atoms with E-state index >= 15 is 0 Å². The van der Waals surface area contributed by atoms with Crippen molar-refractivity contribution in [3.05, 3.63) is 72.7 Å². The van der Waals surface area contributed by atoms with E-state index in [4.69, 9.17) is 0 Å². The summed E-state index contributed by atoms with van der Waals surface area (Å²) in [5.41, 5.74) is 2.50. The van der Waals surface area contributed by atoms with Crippen LogP contribution in [0.4, 0.5) is 10.2 Å². The Balaban J connectivity index is 1.71. The molecule has 3 heterocycles. The third kappa shape index (κ3) is 2.91. The van der Waals surface area contributed by atoms with Crippen molar-refractivity contribution < 1.29 is 4.39 Å². The highest BCUT2D eigenvalue weighted by Crippen LogP contribution is 2.25. The number of halogens is 1. The molecule has 0 radical (unpaired) electrons. The maximum atomic E-state index is 13.1. The molecule has 25 heavy (non-hydrogen) atoms. The predicted octanol–water partition coefficient (Wildman–Crippen LogP) is 3.52. The van der Waals surface area contributed by atoms with Crippen molar-refractivity contribution in [2.24, 2.45) is 0 Å². The molecule has 0 amide bonds. The third-order valence-electron chi connectivity index (χ3n) is 4.00. The molecule has 0 bridgehead atoms. The van der Waals surface area contributed by atoms with E-state index in [-0.39, 0.29) is 11.9 Å². The van der Waals surface area contributed by atoms with Gasteiger partial charge >= 0.3 is 0 Å². The van der Waals surface area contributed by atoms with Crippen LogP contribution in [0.25, 0.3) is 16.7 Å². The average molecular weight is 334 g/mol. The first-order valence-electron chi connectivity index (χ1n) is 7.83. The van der Waals surface area contributed by atoms with Gasteiger partial charge in [0, 0.05) is 12.4 Å². The highest BCUT2D eigenvalue weighted by Gasteiger charge is 2.13. The Morgan fingerprint density at radius 2 is 1.80 bits per heavy atom. The van der Waals surface area contributed by atoms with Gasteiger partial charge in [0.25, 0.3) is 0 Å². The van der Waals surface area contributed by atoms with Gasteiger partial charge in [0.15, 0.2) is 5.65 Å². The van der Waals surface area contributed by atoms with E-state index in [9.17, 15) is 4.39 Å². The van der Waals surface area contributed by atoms with Crippen molar-refractivity contribution in [1.82, 2.24) is 24.7 Å². The largest absolute Gasteiger partial charge is 0.363 e. The van der Waals surface area contributed by atoms with Crippen LogP contribution in [0, 0.1) is 5.82 Å². The Kier molecular flexibility index (Phi) is 3.81. The van der Waals surface area contributed by atoms with Gasteiger partial charge in [-0.05, 0) is 48.9 Å². The fourth-order valence-corrected chi connectivity index (χ4v) is 2.67. The molecule has 7 heteroatoms. The van der Waals surface area contributed by atoms with E-state index in [1.807, 2.05) is 19.1 Å². The van der Waals surface area contributed by atoms with Crippen LogP contribution >= 0.6 is 0 Å². The van der Waals surface area contributed by atoms with Crippen LogP contribution in [0.5, 0.6) is 0 Å². The van der Waals surface area contributed by atoms with Gasteiger partial charge in [-0.25, -0.2) is 19.0 Å². The fraction of sp³-hybridized carbons (Fsp3) is 0.111. The second-order valence-electron chi connectivity index (χ2n) is 5.64. The van der Waals surface area contributed by atoms with E-state index < -0.39 is 0 Å². The van der Waals surface area contributed by atoms with Crippen LogP contribution in [-0.4, -0.2) is 24.7 Å². The summed E-state index contributed by atoms with van der Waals surface area (Å²) >= 11 is 0. The third-order valence-corrected chi connectivity index (χ3v) is 4.00. The normalized spacial score (nSPS) is 12.2. The van der Waals surface area contributed by atoms with Crippen molar-refractivity contribution in [3.63, 3.8) is 0 Å². The summed E-state index contributed by atoms with van der Waals surface area (Å²) in [5, 5.41) is 8.56. The van der Waals surface area contributed by atoms with Gasteiger partial charge in [-0.15, -0.1) is 0 Å². The molecule has 0 fully saturated rings. The summed E-state index contributed by atoms with van der Waals surface area (Å²) in [4.78, 5) is 12.7. The van der Waals surface area contributed by atoms with Crippen molar-refractivity contribution in [2.45, 2.75) is 13.0 Å². The van der Waals surface area contributed by atoms with Crippen LogP contribution < -0.4 is 5.32 Å². The minimum Gasteiger partial charge on any atom is -0.363 e. The van der Waals surface area contributed by atoms with Gasteiger partial charge in [-0.3, -0.25) is 4.98 Å². The summed E-state index contributed by atoms with van der Waals surface area (Å²) in [6, 6.07) is 10.1. The Bertz CT molecular complexity index is 997. The van der Waals surface area contributed by atoms with Crippen LogP contribution in [-0.2, 0) is 0 Å². The lowest BCUT2D eigenvalue weighted by Gasteiger charge is -2.15. The number of anilines is 1. The summed E-state index contributed by atoms with van der Waals surface area (Å²) in [7, 11) is 0. The molecule has 1 N–H and O–H groups in total. The topological polar surface area (TPSA) is 68.5 Å². The Labute approximate surface area is 143 Å². The van der Waals surface area contributed by atoms with Gasteiger partial charge in [0.1, 0.15) is 18.0 Å². The molecule has 0 aliphatic carbocycles. The summed E-state index contributed by atoms with van der Waals surface area (Å²) in [6.45, 7) is 2.05.